The Morgan fingerprint density at radius 2 is 2.21 bits per heavy atom. The van der Waals surface area contributed by atoms with E-state index in [2.05, 4.69) is 43.5 Å². The molecule has 70 valence electrons. The Hall–Kier alpha value is -1.22. The smallest absolute Gasteiger partial charge is 0.0272 e. The third kappa shape index (κ3) is 0.686. The van der Waals surface area contributed by atoms with Crippen molar-refractivity contribution < 1.29 is 0 Å². The molecular formula is C14H14. The molecule has 0 aromatic carbocycles. The summed E-state index contributed by atoms with van der Waals surface area (Å²) in [6.07, 6.45) is 11.2. The highest BCUT2D eigenvalue weighted by Crippen LogP contribution is 2.66. The monoisotopic (exact) mass is 182 g/mol. The van der Waals surface area contributed by atoms with Crippen molar-refractivity contribution in [2.45, 2.75) is 26.7 Å². The van der Waals surface area contributed by atoms with Gasteiger partial charge in [-0.05, 0) is 24.5 Å². The van der Waals surface area contributed by atoms with Crippen LogP contribution < -0.4 is 0 Å². The molecule has 0 spiro atoms. The Morgan fingerprint density at radius 3 is 3.07 bits per heavy atom. The third-order valence-corrected chi connectivity index (χ3v) is 4.35. The maximum Gasteiger partial charge on any atom is 0.0272 e. The molecule has 0 aromatic rings. The van der Waals surface area contributed by atoms with Crippen molar-refractivity contribution in [3.8, 4) is 0 Å². The standard InChI is InChI=1S/C14H14/c1-13-9-5-8-11-6-3-4-7-12(10-13)14(11,13)2/h3,5-6,9H,8,10H2,1-2H3. The summed E-state index contributed by atoms with van der Waals surface area (Å²) in [7, 11) is 0. The molecule has 3 rings (SSSR count). The summed E-state index contributed by atoms with van der Waals surface area (Å²) in [4.78, 5) is 0. The largest absolute Gasteiger partial charge is 0.0838 e. The lowest BCUT2D eigenvalue weighted by atomic mass is 9.44. The van der Waals surface area contributed by atoms with Crippen LogP contribution in [0.5, 0.6) is 0 Å². The van der Waals surface area contributed by atoms with Gasteiger partial charge in [0.2, 0.25) is 0 Å². The number of hydrogen-bond donors (Lipinski definition) is 0. The van der Waals surface area contributed by atoms with Crippen LogP contribution in [0.25, 0.3) is 0 Å². The van der Waals surface area contributed by atoms with Crippen LogP contribution in [-0.2, 0) is 0 Å². The predicted molar refractivity (Wildman–Crippen MR) is 57.8 cm³/mol. The highest BCUT2D eigenvalue weighted by molar-refractivity contribution is 5.49. The maximum absolute atomic E-state index is 3.30. The number of hydrogen-bond acceptors (Lipinski definition) is 0. The van der Waals surface area contributed by atoms with E-state index in [4.69, 9.17) is 0 Å². The van der Waals surface area contributed by atoms with Gasteiger partial charge in [-0.15, -0.1) is 0 Å². The second-order valence-corrected chi connectivity index (χ2v) is 4.93. The van der Waals surface area contributed by atoms with E-state index in [0.29, 0.717) is 5.41 Å². The second kappa shape index (κ2) is 2.23. The Balaban J connectivity index is 2.29. The lowest BCUT2D eigenvalue weighted by Crippen LogP contribution is -2.50. The molecule has 0 heterocycles. The van der Waals surface area contributed by atoms with Gasteiger partial charge in [-0.2, -0.15) is 0 Å². The Morgan fingerprint density at radius 1 is 1.36 bits per heavy atom. The normalized spacial score (nSPS) is 42.1. The molecule has 3 aliphatic carbocycles. The molecule has 0 N–H and O–H groups in total. The van der Waals surface area contributed by atoms with Crippen LogP contribution in [0.4, 0.5) is 0 Å². The molecule has 3 aliphatic rings. The van der Waals surface area contributed by atoms with Crippen LogP contribution in [0.1, 0.15) is 26.7 Å². The van der Waals surface area contributed by atoms with E-state index in [-0.39, 0.29) is 5.41 Å². The van der Waals surface area contributed by atoms with Gasteiger partial charge in [0.25, 0.3) is 0 Å². The van der Waals surface area contributed by atoms with Crippen molar-refractivity contribution in [3.63, 3.8) is 0 Å². The fourth-order valence-electron chi connectivity index (χ4n) is 3.07. The molecule has 14 heavy (non-hydrogen) atoms. The maximum atomic E-state index is 3.30. The van der Waals surface area contributed by atoms with Crippen molar-refractivity contribution in [3.05, 3.63) is 46.9 Å². The van der Waals surface area contributed by atoms with Gasteiger partial charge >= 0.3 is 0 Å². The summed E-state index contributed by atoms with van der Waals surface area (Å²) in [6.45, 7) is 4.71. The molecule has 0 bridgehead atoms. The van der Waals surface area contributed by atoms with Crippen LogP contribution in [-0.4, -0.2) is 0 Å². The summed E-state index contributed by atoms with van der Waals surface area (Å²) in [6, 6.07) is 0. The van der Waals surface area contributed by atoms with Crippen LogP contribution in [0.2, 0.25) is 0 Å². The average Bonchev–Trinajstić information content (AvgIpc) is 2.31. The van der Waals surface area contributed by atoms with Gasteiger partial charge in [0, 0.05) is 10.8 Å². The first kappa shape index (κ1) is 8.12. The minimum atomic E-state index is 0.238. The van der Waals surface area contributed by atoms with Crippen LogP contribution in [0, 0.1) is 10.8 Å². The fraction of sp³-hybridized carbons (Fsp3) is 0.429. The van der Waals surface area contributed by atoms with Crippen molar-refractivity contribution in [2.75, 3.05) is 0 Å². The SMILES string of the molecule is CC12C=CCC3=CC=C=C=C(C1)C32C. The molecular weight excluding hydrogens is 168 g/mol. The van der Waals surface area contributed by atoms with Gasteiger partial charge in [0.1, 0.15) is 0 Å². The van der Waals surface area contributed by atoms with E-state index in [0.717, 1.165) is 12.8 Å². The zero-order valence-corrected chi connectivity index (χ0v) is 8.72. The molecule has 0 radical (unpaired) electrons. The summed E-state index contributed by atoms with van der Waals surface area (Å²) in [5.41, 5.74) is 9.95. The molecule has 1 fully saturated rings. The van der Waals surface area contributed by atoms with E-state index in [1.54, 1.807) is 0 Å². The summed E-state index contributed by atoms with van der Waals surface area (Å²) in [5.74, 6) is 0. The van der Waals surface area contributed by atoms with E-state index in [9.17, 15) is 0 Å². The molecule has 0 nitrogen and oxygen atoms in total. The summed E-state index contributed by atoms with van der Waals surface area (Å²) < 4.78 is 0. The van der Waals surface area contributed by atoms with Gasteiger partial charge in [-0.25, -0.2) is 0 Å². The van der Waals surface area contributed by atoms with E-state index in [1.807, 2.05) is 6.08 Å². The lowest BCUT2D eigenvalue weighted by molar-refractivity contribution is 0.108. The van der Waals surface area contributed by atoms with Crippen molar-refractivity contribution in [2.24, 2.45) is 10.8 Å². The Kier molecular flexibility index (Phi) is 1.29. The van der Waals surface area contributed by atoms with Crippen molar-refractivity contribution in [1.82, 2.24) is 0 Å². The highest BCUT2D eigenvalue weighted by Gasteiger charge is 2.58. The van der Waals surface area contributed by atoms with E-state index in [1.165, 1.54) is 11.1 Å². The quantitative estimate of drug-likeness (QED) is 0.397. The van der Waals surface area contributed by atoms with Gasteiger partial charge in [-0.1, -0.05) is 49.1 Å². The second-order valence-electron chi connectivity index (χ2n) is 4.93. The first-order valence-electron chi connectivity index (χ1n) is 5.25. The Bertz CT molecular complexity index is 462. The molecule has 0 heteroatoms. The average molecular weight is 182 g/mol. The first-order valence-corrected chi connectivity index (χ1v) is 5.25. The molecule has 0 saturated heterocycles. The number of rotatable bonds is 0. The minimum absolute atomic E-state index is 0.238. The van der Waals surface area contributed by atoms with Crippen LogP contribution >= 0.6 is 0 Å². The van der Waals surface area contributed by atoms with Gasteiger partial charge in [0.15, 0.2) is 0 Å². The van der Waals surface area contributed by atoms with Crippen LogP contribution in [0.15, 0.2) is 46.9 Å². The topological polar surface area (TPSA) is 0 Å². The third-order valence-electron chi connectivity index (χ3n) is 4.35. The van der Waals surface area contributed by atoms with Crippen molar-refractivity contribution >= 4 is 0 Å². The molecule has 1 saturated carbocycles. The zero-order valence-electron chi connectivity index (χ0n) is 8.72. The van der Waals surface area contributed by atoms with Crippen LogP contribution in [0.3, 0.4) is 0 Å². The predicted octanol–water partition coefficient (Wildman–Crippen LogP) is 3.54. The molecule has 0 aromatic heterocycles. The fourth-order valence-corrected chi connectivity index (χ4v) is 3.07. The molecule has 2 unspecified atom stereocenters. The molecule has 2 atom stereocenters. The summed E-state index contributed by atoms with van der Waals surface area (Å²) in [5, 5.41) is 0. The van der Waals surface area contributed by atoms with Crippen molar-refractivity contribution in [1.29, 1.82) is 0 Å². The van der Waals surface area contributed by atoms with E-state index >= 15 is 0 Å². The van der Waals surface area contributed by atoms with Gasteiger partial charge in [-0.3, -0.25) is 0 Å². The number of allylic oxidation sites excluding steroid dienone is 6. The zero-order chi connectivity index (χ0) is 9.81. The molecule has 0 amide bonds. The minimum Gasteiger partial charge on any atom is -0.0838 e. The molecule has 0 aliphatic heterocycles. The van der Waals surface area contributed by atoms with Gasteiger partial charge in [0.05, 0.1) is 0 Å². The summed E-state index contributed by atoms with van der Waals surface area (Å²) >= 11 is 0. The van der Waals surface area contributed by atoms with Gasteiger partial charge < -0.3 is 0 Å². The highest BCUT2D eigenvalue weighted by atomic mass is 14.6. The Labute approximate surface area is 85.0 Å². The first-order chi connectivity index (χ1) is 6.67. The lowest BCUT2D eigenvalue weighted by Gasteiger charge is -2.58. The van der Waals surface area contributed by atoms with E-state index < -0.39 is 0 Å².